The second-order valence-electron chi connectivity index (χ2n) is 4.94. The van der Waals surface area contributed by atoms with Crippen molar-refractivity contribution in [2.45, 2.75) is 26.4 Å². The summed E-state index contributed by atoms with van der Waals surface area (Å²) < 4.78 is 12.4. The summed E-state index contributed by atoms with van der Waals surface area (Å²) in [5.41, 5.74) is 2.24. The minimum Gasteiger partial charge on any atom is -0.490 e. The first-order valence-electron chi connectivity index (χ1n) is 6.92. The number of nitrogens with zero attached hydrogens (tertiary/aromatic N) is 1. The van der Waals surface area contributed by atoms with E-state index in [2.05, 4.69) is 37.7 Å². The Morgan fingerprint density at radius 2 is 2.14 bits per heavy atom. The largest absolute Gasteiger partial charge is 0.490 e. The van der Waals surface area contributed by atoms with E-state index in [0.717, 1.165) is 46.2 Å². The van der Waals surface area contributed by atoms with Crippen molar-refractivity contribution in [3.05, 3.63) is 38.3 Å². The Morgan fingerprint density at radius 1 is 1.29 bits per heavy atom. The third kappa shape index (κ3) is 3.75. The number of aryl methyl sites for hydroxylation is 1. The predicted octanol–water partition coefficient (Wildman–Crippen LogP) is 3.67. The van der Waals surface area contributed by atoms with Crippen LogP contribution in [0.15, 0.2) is 22.0 Å². The van der Waals surface area contributed by atoms with E-state index in [0.29, 0.717) is 13.2 Å². The van der Waals surface area contributed by atoms with Crippen LogP contribution in [-0.2, 0) is 13.1 Å². The number of hydrogen-bond donors (Lipinski definition) is 1. The molecule has 0 bridgehead atoms. The number of thiazole rings is 1. The van der Waals surface area contributed by atoms with Gasteiger partial charge in [-0.05, 0) is 40.5 Å². The molecule has 1 N–H and O–H groups in total. The normalized spacial score (nSPS) is 14.0. The molecule has 1 aromatic carbocycles. The summed E-state index contributed by atoms with van der Waals surface area (Å²) >= 11 is 5.25. The number of halogens is 1. The van der Waals surface area contributed by atoms with Gasteiger partial charge in [-0.3, -0.25) is 0 Å². The molecule has 0 fully saturated rings. The van der Waals surface area contributed by atoms with E-state index in [4.69, 9.17) is 9.47 Å². The quantitative estimate of drug-likeness (QED) is 0.893. The summed E-state index contributed by atoms with van der Waals surface area (Å²) in [5.74, 6) is 1.63. The molecular formula is C15H17BrN2O2S. The van der Waals surface area contributed by atoms with Crippen LogP contribution in [0.3, 0.4) is 0 Å². The van der Waals surface area contributed by atoms with Gasteiger partial charge in [0, 0.05) is 30.6 Å². The van der Waals surface area contributed by atoms with Gasteiger partial charge in [-0.25, -0.2) is 4.98 Å². The average molecular weight is 369 g/mol. The minimum absolute atomic E-state index is 0.701. The van der Waals surface area contributed by atoms with E-state index >= 15 is 0 Å². The van der Waals surface area contributed by atoms with Crippen molar-refractivity contribution in [2.24, 2.45) is 0 Å². The van der Waals surface area contributed by atoms with Crippen molar-refractivity contribution in [3.63, 3.8) is 0 Å². The summed E-state index contributed by atoms with van der Waals surface area (Å²) in [6.07, 6.45) is 0.915. The van der Waals surface area contributed by atoms with Crippen LogP contribution in [0.2, 0.25) is 0 Å². The Bertz CT molecular complexity index is 630. The molecule has 0 aliphatic carbocycles. The number of hydrogen-bond acceptors (Lipinski definition) is 5. The van der Waals surface area contributed by atoms with E-state index in [9.17, 15) is 0 Å². The fraction of sp³-hybridized carbons (Fsp3) is 0.400. The van der Waals surface area contributed by atoms with Crippen LogP contribution in [0.4, 0.5) is 0 Å². The molecule has 0 spiro atoms. The number of ether oxygens (including phenoxy) is 2. The average Bonchev–Trinajstić information content (AvgIpc) is 2.73. The number of nitrogens with one attached hydrogen (secondary N) is 1. The third-order valence-corrected chi connectivity index (χ3v) is 4.69. The van der Waals surface area contributed by atoms with Gasteiger partial charge in [-0.15, -0.1) is 11.3 Å². The fourth-order valence-electron chi connectivity index (χ4n) is 2.18. The predicted molar refractivity (Wildman–Crippen MR) is 87.1 cm³/mol. The van der Waals surface area contributed by atoms with Crippen LogP contribution in [0.25, 0.3) is 0 Å². The summed E-state index contributed by atoms with van der Waals surface area (Å²) in [6, 6.07) is 4.12. The van der Waals surface area contributed by atoms with Gasteiger partial charge in [0.1, 0.15) is 5.01 Å². The van der Waals surface area contributed by atoms with E-state index in [1.54, 1.807) is 11.3 Å². The molecule has 2 heterocycles. The molecule has 2 aromatic rings. The molecule has 0 radical (unpaired) electrons. The zero-order valence-corrected chi connectivity index (χ0v) is 14.2. The number of aromatic nitrogens is 1. The van der Waals surface area contributed by atoms with Gasteiger partial charge in [-0.1, -0.05) is 0 Å². The maximum absolute atomic E-state index is 5.74. The standard InChI is InChI=1S/C15H17BrN2O2S/c1-10-9-21-14(18-10)8-17-7-11-5-12(16)15-13(6-11)19-3-2-4-20-15/h5-6,9,17H,2-4,7-8H2,1H3. The molecule has 1 aliphatic rings. The van der Waals surface area contributed by atoms with Crippen LogP contribution < -0.4 is 14.8 Å². The molecule has 0 saturated carbocycles. The highest BCUT2D eigenvalue weighted by Gasteiger charge is 2.15. The number of benzene rings is 1. The lowest BCUT2D eigenvalue weighted by atomic mass is 10.2. The first kappa shape index (κ1) is 14.8. The molecule has 0 atom stereocenters. The minimum atomic E-state index is 0.701. The zero-order valence-electron chi connectivity index (χ0n) is 11.8. The molecule has 1 aliphatic heterocycles. The van der Waals surface area contributed by atoms with E-state index in [1.165, 1.54) is 5.56 Å². The Kier molecular flexibility index (Phi) is 4.77. The summed E-state index contributed by atoms with van der Waals surface area (Å²) in [5, 5.41) is 6.59. The second-order valence-corrected chi connectivity index (χ2v) is 6.74. The van der Waals surface area contributed by atoms with Gasteiger partial charge in [-0.2, -0.15) is 0 Å². The van der Waals surface area contributed by atoms with Gasteiger partial charge in [0.25, 0.3) is 0 Å². The smallest absolute Gasteiger partial charge is 0.175 e. The SMILES string of the molecule is Cc1csc(CNCc2cc(Br)c3c(c2)OCCCO3)n1. The zero-order chi connectivity index (χ0) is 14.7. The lowest BCUT2D eigenvalue weighted by Crippen LogP contribution is -2.12. The highest BCUT2D eigenvalue weighted by atomic mass is 79.9. The third-order valence-electron chi connectivity index (χ3n) is 3.13. The number of rotatable bonds is 4. The molecule has 0 saturated heterocycles. The highest BCUT2D eigenvalue weighted by Crippen LogP contribution is 2.38. The molecule has 21 heavy (non-hydrogen) atoms. The molecule has 4 nitrogen and oxygen atoms in total. The van der Waals surface area contributed by atoms with Crippen molar-refractivity contribution in [3.8, 4) is 11.5 Å². The fourth-order valence-corrected chi connectivity index (χ4v) is 3.53. The molecular weight excluding hydrogens is 352 g/mol. The topological polar surface area (TPSA) is 43.4 Å². The van der Waals surface area contributed by atoms with Crippen LogP contribution in [0.1, 0.15) is 22.7 Å². The van der Waals surface area contributed by atoms with Crippen molar-refractivity contribution >= 4 is 27.3 Å². The lowest BCUT2D eigenvalue weighted by Gasteiger charge is -2.12. The molecule has 112 valence electrons. The van der Waals surface area contributed by atoms with Crippen molar-refractivity contribution in [1.29, 1.82) is 0 Å². The Balaban J connectivity index is 1.65. The molecule has 1 aromatic heterocycles. The Morgan fingerprint density at radius 3 is 2.95 bits per heavy atom. The van der Waals surface area contributed by atoms with Gasteiger partial charge in [0.15, 0.2) is 11.5 Å². The summed E-state index contributed by atoms with van der Waals surface area (Å²) in [6.45, 7) is 4.97. The van der Waals surface area contributed by atoms with E-state index in [1.807, 2.05) is 13.0 Å². The monoisotopic (exact) mass is 368 g/mol. The second kappa shape index (κ2) is 6.77. The first-order chi connectivity index (χ1) is 10.2. The van der Waals surface area contributed by atoms with Crippen molar-refractivity contribution in [1.82, 2.24) is 10.3 Å². The van der Waals surface area contributed by atoms with Crippen LogP contribution in [-0.4, -0.2) is 18.2 Å². The van der Waals surface area contributed by atoms with Gasteiger partial charge in [0.05, 0.1) is 17.7 Å². The first-order valence-corrected chi connectivity index (χ1v) is 8.59. The Hall–Kier alpha value is -1.11. The van der Waals surface area contributed by atoms with Crippen LogP contribution in [0, 0.1) is 6.92 Å². The summed E-state index contributed by atoms with van der Waals surface area (Å²) in [4.78, 5) is 4.44. The van der Waals surface area contributed by atoms with Gasteiger partial charge >= 0.3 is 0 Å². The highest BCUT2D eigenvalue weighted by molar-refractivity contribution is 9.10. The van der Waals surface area contributed by atoms with Gasteiger partial charge in [0.2, 0.25) is 0 Å². The molecule has 6 heteroatoms. The maximum atomic E-state index is 5.74. The summed E-state index contributed by atoms with van der Waals surface area (Å²) in [7, 11) is 0. The number of fused-ring (bicyclic) bond motifs is 1. The Labute approximate surface area is 136 Å². The van der Waals surface area contributed by atoms with Crippen molar-refractivity contribution < 1.29 is 9.47 Å². The van der Waals surface area contributed by atoms with Crippen LogP contribution >= 0.6 is 27.3 Å². The van der Waals surface area contributed by atoms with E-state index in [-0.39, 0.29) is 0 Å². The van der Waals surface area contributed by atoms with E-state index < -0.39 is 0 Å². The molecule has 0 unspecified atom stereocenters. The van der Waals surface area contributed by atoms with Gasteiger partial charge < -0.3 is 14.8 Å². The maximum Gasteiger partial charge on any atom is 0.175 e. The van der Waals surface area contributed by atoms with Crippen LogP contribution in [0.5, 0.6) is 11.5 Å². The lowest BCUT2D eigenvalue weighted by molar-refractivity contribution is 0.296. The molecule has 0 amide bonds. The molecule has 3 rings (SSSR count). The van der Waals surface area contributed by atoms with Crippen molar-refractivity contribution in [2.75, 3.05) is 13.2 Å².